The first-order chi connectivity index (χ1) is 12.0. The van der Waals surface area contributed by atoms with Crippen LogP contribution in [0.4, 0.5) is 5.82 Å². The maximum Gasteiger partial charge on any atom is 0.326 e. The number of nitrogens with one attached hydrogen (secondary N) is 1. The molecule has 2 aromatic rings. The van der Waals surface area contributed by atoms with E-state index in [0.29, 0.717) is 17.6 Å². The number of aromatic nitrogens is 3. The predicted molar refractivity (Wildman–Crippen MR) is 92.6 cm³/mol. The SMILES string of the molecule is Cc1csc(=O)n1CC(=O)OCC(=O)Nc1ccnn1C1CCCC1. The zero-order valence-corrected chi connectivity index (χ0v) is 14.8. The van der Waals surface area contributed by atoms with Crippen LogP contribution in [0.25, 0.3) is 0 Å². The highest BCUT2D eigenvalue weighted by Crippen LogP contribution is 2.31. The van der Waals surface area contributed by atoms with Gasteiger partial charge in [-0.3, -0.25) is 19.0 Å². The van der Waals surface area contributed by atoms with Gasteiger partial charge in [0.25, 0.3) is 5.91 Å². The lowest BCUT2D eigenvalue weighted by Gasteiger charge is -2.14. The van der Waals surface area contributed by atoms with E-state index in [4.69, 9.17) is 4.74 Å². The summed E-state index contributed by atoms with van der Waals surface area (Å²) >= 11 is 1.02. The third-order valence-electron chi connectivity index (χ3n) is 4.24. The highest BCUT2D eigenvalue weighted by Gasteiger charge is 2.20. The molecule has 9 heteroatoms. The van der Waals surface area contributed by atoms with Crippen molar-refractivity contribution >= 4 is 29.0 Å². The molecule has 1 amide bonds. The first-order valence-electron chi connectivity index (χ1n) is 8.18. The highest BCUT2D eigenvalue weighted by atomic mass is 32.1. The zero-order valence-electron chi connectivity index (χ0n) is 13.9. The van der Waals surface area contributed by atoms with E-state index in [0.717, 1.165) is 37.0 Å². The van der Waals surface area contributed by atoms with Gasteiger partial charge in [0, 0.05) is 17.1 Å². The molecule has 1 saturated carbocycles. The number of nitrogens with zero attached hydrogens (tertiary/aromatic N) is 3. The molecule has 2 aromatic heterocycles. The molecule has 0 unspecified atom stereocenters. The summed E-state index contributed by atoms with van der Waals surface area (Å²) in [4.78, 5) is 35.2. The molecule has 1 aliphatic rings. The number of hydrogen-bond acceptors (Lipinski definition) is 6. The summed E-state index contributed by atoms with van der Waals surface area (Å²) in [5.41, 5.74) is 0.692. The van der Waals surface area contributed by atoms with Crippen molar-refractivity contribution in [2.75, 3.05) is 11.9 Å². The van der Waals surface area contributed by atoms with Gasteiger partial charge in [0.05, 0.1) is 12.2 Å². The van der Waals surface area contributed by atoms with E-state index in [1.165, 1.54) is 4.57 Å². The summed E-state index contributed by atoms with van der Waals surface area (Å²) < 4.78 is 8.11. The van der Waals surface area contributed by atoms with E-state index in [-0.39, 0.29) is 11.4 Å². The first-order valence-corrected chi connectivity index (χ1v) is 9.06. The number of amides is 1. The van der Waals surface area contributed by atoms with Crippen LogP contribution in [0.15, 0.2) is 22.4 Å². The minimum absolute atomic E-state index is 0.193. The average Bonchev–Trinajstić information content (AvgIpc) is 3.31. The minimum atomic E-state index is -0.622. The average molecular weight is 364 g/mol. The Hall–Kier alpha value is -2.42. The summed E-state index contributed by atoms with van der Waals surface area (Å²) in [5, 5.41) is 8.67. The maximum atomic E-state index is 12.0. The van der Waals surface area contributed by atoms with Crippen LogP contribution in [0.1, 0.15) is 37.4 Å². The molecule has 25 heavy (non-hydrogen) atoms. The van der Waals surface area contributed by atoms with Crippen LogP contribution in [0, 0.1) is 6.92 Å². The number of anilines is 1. The number of hydrogen-bond donors (Lipinski definition) is 1. The van der Waals surface area contributed by atoms with Gasteiger partial charge in [-0.05, 0) is 19.8 Å². The zero-order chi connectivity index (χ0) is 17.8. The maximum absolute atomic E-state index is 12.0. The molecule has 1 fully saturated rings. The van der Waals surface area contributed by atoms with Gasteiger partial charge in [-0.15, -0.1) is 0 Å². The monoisotopic (exact) mass is 364 g/mol. The number of thiazole rings is 1. The molecule has 0 saturated heterocycles. The van der Waals surface area contributed by atoms with Crippen LogP contribution in [-0.2, 0) is 20.9 Å². The lowest BCUT2D eigenvalue weighted by molar-refractivity contribution is -0.147. The van der Waals surface area contributed by atoms with Crippen molar-refractivity contribution in [3.05, 3.63) is 33.0 Å². The fraction of sp³-hybridized carbons (Fsp3) is 0.500. The van der Waals surface area contributed by atoms with Gasteiger partial charge in [0.2, 0.25) is 0 Å². The highest BCUT2D eigenvalue weighted by molar-refractivity contribution is 7.07. The second-order valence-electron chi connectivity index (χ2n) is 6.04. The summed E-state index contributed by atoms with van der Waals surface area (Å²) in [7, 11) is 0. The van der Waals surface area contributed by atoms with Crippen molar-refractivity contribution in [3.63, 3.8) is 0 Å². The fourth-order valence-corrected chi connectivity index (χ4v) is 3.68. The van der Waals surface area contributed by atoms with Gasteiger partial charge in [0.1, 0.15) is 12.4 Å². The Labute approximate surface area is 148 Å². The van der Waals surface area contributed by atoms with Gasteiger partial charge in [-0.2, -0.15) is 5.10 Å². The third kappa shape index (κ3) is 4.16. The van der Waals surface area contributed by atoms with Gasteiger partial charge in [-0.1, -0.05) is 24.2 Å². The predicted octanol–water partition coefficient (Wildman–Crippen LogP) is 1.71. The normalized spacial score (nSPS) is 14.6. The van der Waals surface area contributed by atoms with Crippen molar-refractivity contribution in [1.82, 2.24) is 14.3 Å². The Bertz CT molecular complexity index is 816. The molecule has 0 spiro atoms. The van der Waals surface area contributed by atoms with Gasteiger partial charge < -0.3 is 10.1 Å². The minimum Gasteiger partial charge on any atom is -0.454 e. The van der Waals surface area contributed by atoms with Crippen molar-refractivity contribution in [2.24, 2.45) is 0 Å². The molecule has 0 atom stereocenters. The van der Waals surface area contributed by atoms with E-state index >= 15 is 0 Å². The molecule has 0 radical (unpaired) electrons. The molecule has 1 aliphatic carbocycles. The standard InChI is InChI=1S/C16H20N4O4S/c1-11-10-25-16(23)19(11)8-15(22)24-9-14(21)18-13-6-7-17-20(13)12-4-2-3-5-12/h6-7,10,12H,2-5,8-9H2,1H3,(H,18,21). The molecule has 0 aromatic carbocycles. The first kappa shape index (κ1) is 17.4. The topological polar surface area (TPSA) is 95.2 Å². The van der Waals surface area contributed by atoms with Crippen molar-refractivity contribution in [1.29, 1.82) is 0 Å². The second kappa shape index (κ2) is 7.64. The molecule has 0 aliphatic heterocycles. The van der Waals surface area contributed by atoms with Crippen LogP contribution < -0.4 is 10.2 Å². The van der Waals surface area contributed by atoms with Crippen LogP contribution in [-0.4, -0.2) is 32.8 Å². The van der Waals surface area contributed by atoms with E-state index in [2.05, 4.69) is 10.4 Å². The third-order valence-corrected chi connectivity index (χ3v) is 5.12. The molecular formula is C16H20N4O4S. The number of carbonyl (C=O) groups excluding carboxylic acids is 2. The van der Waals surface area contributed by atoms with Crippen LogP contribution in [0.5, 0.6) is 0 Å². The number of ether oxygens (including phenoxy) is 1. The van der Waals surface area contributed by atoms with Crippen LogP contribution in [0.2, 0.25) is 0 Å². The lowest BCUT2D eigenvalue weighted by Crippen LogP contribution is -2.27. The smallest absolute Gasteiger partial charge is 0.326 e. The van der Waals surface area contributed by atoms with Gasteiger partial charge >= 0.3 is 10.8 Å². The summed E-state index contributed by atoms with van der Waals surface area (Å²) in [6, 6.07) is 2.04. The van der Waals surface area contributed by atoms with Crippen molar-refractivity contribution < 1.29 is 14.3 Å². The van der Waals surface area contributed by atoms with E-state index in [1.54, 1.807) is 24.6 Å². The Kier molecular flexibility index (Phi) is 5.32. The fourth-order valence-electron chi connectivity index (χ4n) is 2.95. The number of rotatable bonds is 6. The number of esters is 1. The largest absolute Gasteiger partial charge is 0.454 e. The summed E-state index contributed by atoms with van der Waals surface area (Å²) in [6.45, 7) is 1.15. The van der Waals surface area contributed by atoms with E-state index in [1.807, 2.05) is 4.68 Å². The second-order valence-corrected chi connectivity index (χ2v) is 6.86. The Morgan fingerprint density at radius 3 is 2.84 bits per heavy atom. The molecular weight excluding hydrogens is 344 g/mol. The van der Waals surface area contributed by atoms with Gasteiger partial charge in [-0.25, -0.2) is 4.68 Å². The molecule has 0 bridgehead atoms. The van der Waals surface area contributed by atoms with Crippen LogP contribution in [0.3, 0.4) is 0 Å². The lowest BCUT2D eigenvalue weighted by atomic mass is 10.2. The van der Waals surface area contributed by atoms with Crippen molar-refractivity contribution in [3.8, 4) is 0 Å². The Balaban J connectivity index is 1.51. The Morgan fingerprint density at radius 1 is 1.40 bits per heavy atom. The van der Waals surface area contributed by atoms with Crippen LogP contribution >= 0.6 is 11.3 Å². The van der Waals surface area contributed by atoms with Crippen molar-refractivity contribution in [2.45, 2.75) is 45.2 Å². The quantitative estimate of drug-likeness (QED) is 0.788. The number of carbonyl (C=O) groups is 2. The summed E-state index contributed by atoms with van der Waals surface area (Å²) in [5.74, 6) is -0.441. The van der Waals surface area contributed by atoms with Gasteiger partial charge in [0.15, 0.2) is 6.61 Å². The molecule has 134 valence electrons. The molecule has 3 rings (SSSR count). The molecule has 1 N–H and O–H groups in total. The number of aryl methyl sites for hydroxylation is 1. The molecule has 2 heterocycles. The Morgan fingerprint density at radius 2 is 2.16 bits per heavy atom. The summed E-state index contributed by atoms with van der Waals surface area (Å²) in [6.07, 6.45) is 6.07. The van der Waals surface area contributed by atoms with E-state index < -0.39 is 18.5 Å². The molecule has 8 nitrogen and oxygen atoms in total. The van der Waals surface area contributed by atoms with E-state index in [9.17, 15) is 14.4 Å².